The van der Waals surface area contributed by atoms with E-state index in [2.05, 4.69) is 18.9 Å². The van der Waals surface area contributed by atoms with E-state index in [4.69, 9.17) is 5.73 Å². The topological polar surface area (TPSA) is 86.8 Å². The monoisotopic (exact) mass is 358 g/mol. The first-order valence-electron chi connectivity index (χ1n) is 9.85. The normalized spacial score (nSPS) is 33.6. The van der Waals surface area contributed by atoms with Crippen LogP contribution in [0, 0.1) is 5.92 Å². The van der Waals surface area contributed by atoms with Gasteiger partial charge < -0.3 is 15.9 Å². The molecule has 3 aliphatic carbocycles. The minimum Gasteiger partial charge on any atom is -0.507 e. The van der Waals surface area contributed by atoms with Crippen molar-refractivity contribution in [1.29, 1.82) is 0 Å². The second-order valence-electron chi connectivity index (χ2n) is 8.93. The van der Waals surface area contributed by atoms with E-state index >= 15 is 0 Å². The van der Waals surface area contributed by atoms with Crippen molar-refractivity contribution in [3.63, 3.8) is 0 Å². The highest BCUT2D eigenvalue weighted by Gasteiger charge is 2.59. The lowest BCUT2D eigenvalue weighted by atomic mass is 9.53. The first-order valence-corrected chi connectivity index (χ1v) is 9.85. The molecule has 0 aliphatic heterocycles. The van der Waals surface area contributed by atoms with Crippen LogP contribution in [0.3, 0.4) is 0 Å². The Morgan fingerprint density at radius 2 is 2.00 bits per heavy atom. The number of carbonyl (C=O) groups excluding carboxylic acids is 1. The third-order valence-electron chi connectivity index (χ3n) is 7.26. The molecule has 0 spiro atoms. The van der Waals surface area contributed by atoms with Gasteiger partial charge in [-0.1, -0.05) is 25.8 Å². The zero-order valence-corrected chi connectivity index (χ0v) is 15.8. The molecule has 1 aromatic rings. The molecule has 3 atom stereocenters. The Kier molecular flexibility index (Phi) is 4.08. The lowest BCUT2D eigenvalue weighted by Gasteiger charge is -2.58. The van der Waals surface area contributed by atoms with Gasteiger partial charge in [0.25, 0.3) is 5.91 Å². The highest BCUT2D eigenvalue weighted by Crippen LogP contribution is 2.56. The Labute approximate surface area is 155 Å². The number of nitrogens with two attached hydrogens (primary N) is 1. The van der Waals surface area contributed by atoms with E-state index in [1.807, 2.05) is 6.07 Å². The van der Waals surface area contributed by atoms with Crippen molar-refractivity contribution >= 4 is 5.91 Å². The molecule has 4 N–H and O–H groups in total. The number of hydrogen-bond acceptors (Lipinski definition) is 4. The summed E-state index contributed by atoms with van der Waals surface area (Å²) in [6.45, 7) is 3.08. The second kappa shape index (κ2) is 5.96. The van der Waals surface area contributed by atoms with E-state index in [1.165, 1.54) is 12.8 Å². The molecule has 0 heterocycles. The maximum absolute atomic E-state index is 11.9. The molecule has 26 heavy (non-hydrogen) atoms. The number of fused-ring (bicyclic) bond motifs is 3. The molecule has 1 amide bonds. The van der Waals surface area contributed by atoms with Gasteiger partial charge in [0.2, 0.25) is 0 Å². The van der Waals surface area contributed by atoms with E-state index < -0.39 is 16.9 Å². The summed E-state index contributed by atoms with van der Waals surface area (Å²) in [5, 5.41) is 22.8. The van der Waals surface area contributed by atoms with Crippen molar-refractivity contribution in [3.8, 4) is 5.75 Å². The van der Waals surface area contributed by atoms with Gasteiger partial charge >= 0.3 is 0 Å². The van der Waals surface area contributed by atoms with Crippen LogP contribution in [-0.4, -0.2) is 46.3 Å². The molecule has 2 fully saturated rings. The number of aliphatic hydroxyl groups is 1. The summed E-state index contributed by atoms with van der Waals surface area (Å²) < 4.78 is 0. The summed E-state index contributed by atoms with van der Waals surface area (Å²) in [5.41, 5.74) is 5.91. The second-order valence-corrected chi connectivity index (χ2v) is 8.93. The van der Waals surface area contributed by atoms with Crippen molar-refractivity contribution in [2.45, 2.75) is 68.9 Å². The highest BCUT2D eigenvalue weighted by atomic mass is 16.3. The van der Waals surface area contributed by atoms with Gasteiger partial charge in [-0.25, -0.2) is 0 Å². The summed E-state index contributed by atoms with van der Waals surface area (Å²) in [7, 11) is 2.12. The van der Waals surface area contributed by atoms with E-state index in [0.29, 0.717) is 6.42 Å². The average Bonchev–Trinajstić information content (AvgIpc) is 3.38. The van der Waals surface area contributed by atoms with Gasteiger partial charge in [0.15, 0.2) is 0 Å². The van der Waals surface area contributed by atoms with Crippen molar-refractivity contribution in [2.24, 2.45) is 11.7 Å². The highest BCUT2D eigenvalue weighted by molar-refractivity contribution is 5.96. The predicted octanol–water partition coefficient (Wildman–Crippen LogP) is 2.32. The molecule has 3 aliphatic rings. The Balaban J connectivity index is 1.84. The lowest BCUT2D eigenvalue weighted by molar-refractivity contribution is -0.127. The number of amides is 1. The molecule has 1 unspecified atom stereocenters. The van der Waals surface area contributed by atoms with Crippen LogP contribution in [0.15, 0.2) is 12.1 Å². The van der Waals surface area contributed by atoms with Gasteiger partial charge in [-0.05, 0) is 56.7 Å². The summed E-state index contributed by atoms with van der Waals surface area (Å²) in [4.78, 5) is 14.1. The maximum atomic E-state index is 11.9. The first kappa shape index (κ1) is 17.8. The zero-order chi connectivity index (χ0) is 18.7. The van der Waals surface area contributed by atoms with Gasteiger partial charge in [-0.15, -0.1) is 0 Å². The lowest BCUT2D eigenvalue weighted by Crippen LogP contribution is -2.67. The van der Waals surface area contributed by atoms with Crippen LogP contribution < -0.4 is 5.73 Å². The van der Waals surface area contributed by atoms with Gasteiger partial charge in [0.05, 0.1) is 11.2 Å². The number of carbonyl (C=O) groups is 1. The van der Waals surface area contributed by atoms with Crippen LogP contribution in [0.1, 0.15) is 66.9 Å². The van der Waals surface area contributed by atoms with Crippen molar-refractivity contribution in [3.05, 3.63) is 28.8 Å². The minimum atomic E-state index is -0.907. The molecule has 2 saturated carbocycles. The Morgan fingerprint density at radius 3 is 2.65 bits per heavy atom. The average molecular weight is 358 g/mol. The fraction of sp³-hybridized carbons (Fsp3) is 0.667. The van der Waals surface area contributed by atoms with E-state index in [9.17, 15) is 15.0 Å². The minimum absolute atomic E-state index is 0.0267. The molecule has 4 rings (SSSR count). The summed E-state index contributed by atoms with van der Waals surface area (Å²) in [6.07, 6.45) is 6.79. The van der Waals surface area contributed by atoms with Crippen LogP contribution in [0.25, 0.3) is 0 Å². The SMILES string of the molecule is CN(CC1CC1)[C@@H]1Cc2ccc(C(N)=O)c(O)c2C2(C)CCCC[C@@]12O. The summed E-state index contributed by atoms with van der Waals surface area (Å²) in [6, 6.07) is 3.58. The van der Waals surface area contributed by atoms with Crippen molar-refractivity contribution in [1.82, 2.24) is 4.90 Å². The van der Waals surface area contributed by atoms with Crippen LogP contribution in [-0.2, 0) is 11.8 Å². The zero-order valence-electron chi connectivity index (χ0n) is 15.8. The van der Waals surface area contributed by atoms with Crippen LogP contribution >= 0.6 is 0 Å². The fourth-order valence-corrected chi connectivity index (χ4v) is 5.59. The molecule has 5 nitrogen and oxygen atoms in total. The number of rotatable bonds is 4. The molecular weight excluding hydrogens is 328 g/mol. The van der Waals surface area contributed by atoms with Gasteiger partial charge in [-0.3, -0.25) is 9.69 Å². The van der Waals surface area contributed by atoms with E-state index in [1.54, 1.807) is 6.07 Å². The quantitative estimate of drug-likeness (QED) is 0.771. The largest absolute Gasteiger partial charge is 0.507 e. The van der Waals surface area contributed by atoms with E-state index in [-0.39, 0.29) is 17.4 Å². The molecular formula is C21H30N2O3. The Morgan fingerprint density at radius 1 is 1.31 bits per heavy atom. The molecule has 0 bridgehead atoms. The summed E-state index contributed by atoms with van der Waals surface area (Å²) in [5.74, 6) is 0.104. The number of primary amides is 1. The van der Waals surface area contributed by atoms with Crippen LogP contribution in [0.5, 0.6) is 5.75 Å². The molecule has 142 valence electrons. The van der Waals surface area contributed by atoms with Gasteiger partial charge in [0.1, 0.15) is 5.75 Å². The maximum Gasteiger partial charge on any atom is 0.252 e. The third kappa shape index (κ3) is 2.48. The summed E-state index contributed by atoms with van der Waals surface area (Å²) >= 11 is 0. The smallest absolute Gasteiger partial charge is 0.252 e. The van der Waals surface area contributed by atoms with Crippen molar-refractivity contribution < 1.29 is 15.0 Å². The number of hydrogen-bond donors (Lipinski definition) is 3. The molecule has 5 heteroatoms. The van der Waals surface area contributed by atoms with Crippen LogP contribution in [0.4, 0.5) is 0 Å². The number of benzene rings is 1. The molecule has 0 saturated heterocycles. The van der Waals surface area contributed by atoms with Crippen molar-refractivity contribution in [2.75, 3.05) is 13.6 Å². The first-order chi connectivity index (χ1) is 12.3. The molecule has 0 aromatic heterocycles. The molecule has 0 radical (unpaired) electrons. The Bertz CT molecular complexity index is 745. The third-order valence-corrected chi connectivity index (χ3v) is 7.26. The van der Waals surface area contributed by atoms with Gasteiger partial charge in [0, 0.05) is 23.6 Å². The molecule has 1 aromatic carbocycles. The van der Waals surface area contributed by atoms with Crippen LogP contribution in [0.2, 0.25) is 0 Å². The number of phenols is 1. The number of likely N-dealkylation sites (N-methyl/N-ethyl adjacent to an activating group) is 1. The fourth-order valence-electron chi connectivity index (χ4n) is 5.59. The number of aromatic hydroxyl groups is 1. The predicted molar refractivity (Wildman–Crippen MR) is 100 cm³/mol. The van der Waals surface area contributed by atoms with Gasteiger partial charge in [-0.2, -0.15) is 0 Å². The standard InChI is InChI=1S/C21H30N2O3/c1-20-9-3-4-10-21(20,26)16(23(2)12-13-5-6-13)11-14-7-8-15(19(22)25)18(24)17(14)20/h7-8,13,16,24,26H,3-6,9-12H2,1-2H3,(H2,22,25)/t16-,20?,21-/m1/s1. The Hall–Kier alpha value is -1.59. The number of nitrogens with zero attached hydrogens (tertiary/aromatic N) is 1. The van der Waals surface area contributed by atoms with E-state index in [0.717, 1.165) is 49.3 Å².